The van der Waals surface area contributed by atoms with Gasteiger partial charge in [-0.15, -0.1) is 0 Å². The lowest BCUT2D eigenvalue weighted by atomic mass is 9.76. The number of phenolic OH excluding ortho intramolecular Hbond substituents is 1. The SMILES string of the molecule is O=C1C(CCC2(c3ccc(F)cc3)CC2)C(c2ccc(O)cc2)N1c1ccc(F)cc1. The number of hydrogen-bond acceptors (Lipinski definition) is 2. The van der Waals surface area contributed by atoms with Crippen LogP contribution in [0.3, 0.4) is 0 Å². The molecule has 1 saturated heterocycles. The summed E-state index contributed by atoms with van der Waals surface area (Å²) in [5.41, 5.74) is 2.78. The van der Waals surface area contributed by atoms with Gasteiger partial charge in [-0.2, -0.15) is 0 Å². The van der Waals surface area contributed by atoms with Crippen molar-refractivity contribution in [2.24, 2.45) is 5.92 Å². The molecule has 5 rings (SSSR count). The van der Waals surface area contributed by atoms with Gasteiger partial charge in [0.15, 0.2) is 0 Å². The number of benzene rings is 3. The molecule has 2 unspecified atom stereocenters. The van der Waals surface area contributed by atoms with E-state index < -0.39 is 0 Å². The van der Waals surface area contributed by atoms with Gasteiger partial charge < -0.3 is 10.0 Å². The molecule has 0 spiro atoms. The summed E-state index contributed by atoms with van der Waals surface area (Å²) in [5.74, 6) is -0.569. The molecule has 0 radical (unpaired) electrons. The Bertz CT molecular complexity index is 1090. The zero-order chi connectivity index (χ0) is 21.6. The van der Waals surface area contributed by atoms with Crippen LogP contribution >= 0.6 is 0 Å². The molecule has 3 aromatic carbocycles. The van der Waals surface area contributed by atoms with Crippen molar-refractivity contribution in [2.45, 2.75) is 37.1 Å². The summed E-state index contributed by atoms with van der Waals surface area (Å²) in [6.45, 7) is 0. The molecule has 2 aliphatic rings. The van der Waals surface area contributed by atoms with E-state index in [1.54, 1.807) is 29.2 Å². The summed E-state index contributed by atoms with van der Waals surface area (Å²) in [6, 6.07) is 19.4. The van der Waals surface area contributed by atoms with Crippen LogP contribution in [0.2, 0.25) is 0 Å². The largest absolute Gasteiger partial charge is 0.508 e. The third kappa shape index (κ3) is 3.58. The topological polar surface area (TPSA) is 40.5 Å². The fraction of sp³-hybridized carbons (Fsp3) is 0.269. The summed E-state index contributed by atoms with van der Waals surface area (Å²) >= 11 is 0. The van der Waals surface area contributed by atoms with E-state index in [-0.39, 0.29) is 40.7 Å². The lowest BCUT2D eigenvalue weighted by Crippen LogP contribution is -2.55. The van der Waals surface area contributed by atoms with Gasteiger partial charge in [0.25, 0.3) is 0 Å². The van der Waals surface area contributed by atoms with Crippen LogP contribution in [0.4, 0.5) is 14.5 Å². The molecular weight excluding hydrogens is 396 g/mol. The van der Waals surface area contributed by atoms with Gasteiger partial charge in [0.2, 0.25) is 5.91 Å². The summed E-state index contributed by atoms with van der Waals surface area (Å²) < 4.78 is 26.7. The van der Waals surface area contributed by atoms with Gasteiger partial charge in [0, 0.05) is 5.69 Å². The average molecular weight is 419 g/mol. The van der Waals surface area contributed by atoms with Crippen molar-refractivity contribution in [3.63, 3.8) is 0 Å². The summed E-state index contributed by atoms with van der Waals surface area (Å²) in [4.78, 5) is 14.9. The summed E-state index contributed by atoms with van der Waals surface area (Å²) in [6.07, 6.45) is 3.68. The molecular formula is C26H23F2NO2. The van der Waals surface area contributed by atoms with Crippen LogP contribution in [0.15, 0.2) is 72.8 Å². The zero-order valence-corrected chi connectivity index (χ0v) is 17.0. The Balaban J connectivity index is 1.39. The van der Waals surface area contributed by atoms with E-state index in [1.165, 1.54) is 24.3 Å². The standard InChI is InChI=1S/C26H23F2NO2/c27-19-5-3-18(4-6-19)26(15-16-26)14-13-23-24(17-1-11-22(30)12-2-17)29(25(23)31)21-9-7-20(28)8-10-21/h1-12,23-24,30H,13-16H2. The van der Waals surface area contributed by atoms with Crippen LogP contribution in [0, 0.1) is 17.6 Å². The minimum Gasteiger partial charge on any atom is -0.508 e. The fourth-order valence-corrected chi connectivity index (χ4v) is 4.84. The van der Waals surface area contributed by atoms with E-state index in [0.29, 0.717) is 5.69 Å². The quantitative estimate of drug-likeness (QED) is 0.507. The van der Waals surface area contributed by atoms with E-state index in [2.05, 4.69) is 0 Å². The second kappa shape index (κ2) is 7.49. The molecule has 0 bridgehead atoms. The van der Waals surface area contributed by atoms with Crippen LogP contribution in [0.1, 0.15) is 42.9 Å². The number of nitrogens with zero attached hydrogens (tertiary/aromatic N) is 1. The normalized spacial score (nSPS) is 21.6. The lowest BCUT2D eigenvalue weighted by Gasteiger charge is -2.48. The minimum atomic E-state index is -0.343. The summed E-state index contributed by atoms with van der Waals surface area (Å²) in [5, 5.41) is 9.68. The molecule has 1 heterocycles. The second-order valence-corrected chi connectivity index (χ2v) is 8.65. The predicted octanol–water partition coefficient (Wildman–Crippen LogP) is 5.89. The first-order valence-electron chi connectivity index (χ1n) is 10.6. The molecule has 158 valence electrons. The summed E-state index contributed by atoms with van der Waals surface area (Å²) in [7, 11) is 0. The number of amides is 1. The van der Waals surface area contributed by atoms with Crippen molar-refractivity contribution in [1.82, 2.24) is 0 Å². The highest BCUT2D eigenvalue weighted by Gasteiger charge is 2.51. The van der Waals surface area contributed by atoms with Crippen molar-refractivity contribution in [3.8, 4) is 5.75 Å². The number of halogens is 2. The Morgan fingerprint density at radius 3 is 2.03 bits per heavy atom. The molecule has 1 amide bonds. The van der Waals surface area contributed by atoms with Crippen LogP contribution in [0.25, 0.3) is 0 Å². The van der Waals surface area contributed by atoms with Gasteiger partial charge in [-0.1, -0.05) is 24.3 Å². The van der Waals surface area contributed by atoms with Crippen LogP contribution in [-0.2, 0) is 10.2 Å². The Labute approximate surface area is 180 Å². The van der Waals surface area contributed by atoms with Gasteiger partial charge in [-0.05, 0) is 90.8 Å². The number of hydrogen-bond donors (Lipinski definition) is 1. The fourth-order valence-electron chi connectivity index (χ4n) is 4.84. The number of anilines is 1. The number of carbonyl (C=O) groups is 1. The van der Waals surface area contributed by atoms with E-state index >= 15 is 0 Å². The molecule has 3 aromatic rings. The Morgan fingerprint density at radius 1 is 0.871 bits per heavy atom. The first kappa shape index (κ1) is 19.7. The van der Waals surface area contributed by atoms with E-state index in [4.69, 9.17) is 0 Å². The molecule has 2 atom stereocenters. The monoisotopic (exact) mass is 419 g/mol. The molecule has 31 heavy (non-hydrogen) atoms. The van der Waals surface area contributed by atoms with E-state index in [0.717, 1.165) is 36.8 Å². The number of β-lactam (4-membered cyclic amide) rings is 1. The maximum atomic E-state index is 13.4. The smallest absolute Gasteiger partial charge is 0.233 e. The first-order valence-corrected chi connectivity index (χ1v) is 10.6. The highest BCUT2D eigenvalue weighted by atomic mass is 19.1. The van der Waals surface area contributed by atoms with Crippen molar-refractivity contribution in [2.75, 3.05) is 4.90 Å². The number of rotatable bonds is 6. The molecule has 1 aliphatic carbocycles. The van der Waals surface area contributed by atoms with Crippen LogP contribution < -0.4 is 4.90 Å². The van der Waals surface area contributed by atoms with Gasteiger partial charge in [-0.3, -0.25) is 4.79 Å². The Morgan fingerprint density at radius 2 is 1.45 bits per heavy atom. The Hall–Kier alpha value is -3.21. The molecule has 1 aliphatic heterocycles. The van der Waals surface area contributed by atoms with E-state index in [9.17, 15) is 18.7 Å². The number of carbonyl (C=O) groups excluding carboxylic acids is 1. The molecule has 3 nitrogen and oxygen atoms in total. The zero-order valence-electron chi connectivity index (χ0n) is 17.0. The number of aromatic hydroxyl groups is 1. The predicted molar refractivity (Wildman–Crippen MR) is 115 cm³/mol. The van der Waals surface area contributed by atoms with Crippen LogP contribution in [-0.4, -0.2) is 11.0 Å². The van der Waals surface area contributed by atoms with Crippen molar-refractivity contribution in [1.29, 1.82) is 0 Å². The molecule has 1 N–H and O–H groups in total. The van der Waals surface area contributed by atoms with Crippen molar-refractivity contribution in [3.05, 3.63) is 95.6 Å². The lowest BCUT2D eigenvalue weighted by molar-refractivity contribution is -0.130. The minimum absolute atomic E-state index is 0.0274. The van der Waals surface area contributed by atoms with Gasteiger partial charge in [0.1, 0.15) is 17.4 Å². The van der Waals surface area contributed by atoms with Crippen LogP contribution in [0.5, 0.6) is 5.75 Å². The third-order valence-corrected chi connectivity index (χ3v) is 6.80. The highest BCUT2D eigenvalue weighted by molar-refractivity contribution is 6.03. The molecule has 0 aromatic heterocycles. The van der Waals surface area contributed by atoms with Crippen molar-refractivity contribution >= 4 is 11.6 Å². The average Bonchev–Trinajstić information content (AvgIpc) is 3.56. The molecule has 1 saturated carbocycles. The second-order valence-electron chi connectivity index (χ2n) is 8.65. The Kier molecular flexibility index (Phi) is 4.77. The number of phenols is 1. The maximum absolute atomic E-state index is 13.4. The van der Waals surface area contributed by atoms with Gasteiger partial charge in [-0.25, -0.2) is 8.78 Å². The molecule has 2 fully saturated rings. The maximum Gasteiger partial charge on any atom is 0.233 e. The molecule has 5 heteroatoms. The van der Waals surface area contributed by atoms with Crippen molar-refractivity contribution < 1.29 is 18.7 Å². The highest BCUT2D eigenvalue weighted by Crippen LogP contribution is 2.54. The van der Waals surface area contributed by atoms with Gasteiger partial charge >= 0.3 is 0 Å². The van der Waals surface area contributed by atoms with Gasteiger partial charge in [0.05, 0.1) is 12.0 Å². The third-order valence-electron chi connectivity index (χ3n) is 6.80. The van der Waals surface area contributed by atoms with E-state index in [1.807, 2.05) is 24.3 Å². The first-order chi connectivity index (χ1) is 15.0.